The van der Waals surface area contributed by atoms with E-state index < -0.39 is 63.1 Å². The van der Waals surface area contributed by atoms with Gasteiger partial charge in [0.2, 0.25) is 5.82 Å². The monoisotopic (exact) mass is 320 g/mol. The average molecular weight is 320 g/mol. The predicted octanol–water partition coefficient (Wildman–Crippen LogP) is 1.43. The highest BCUT2D eigenvalue weighted by Crippen LogP contribution is 2.23. The SMILES string of the molecule is O=C(OCCS(=O)(=O)O)c1c(F)c(F)c(F)c(F)c1F. The Morgan fingerprint density at radius 1 is 0.950 bits per heavy atom. The highest BCUT2D eigenvalue weighted by atomic mass is 32.2. The number of carbonyl (C=O) groups excluding carboxylic acids is 1. The summed E-state index contributed by atoms with van der Waals surface area (Å²) in [6.45, 7) is -1.03. The molecule has 0 aliphatic heterocycles. The molecule has 0 unspecified atom stereocenters. The number of ether oxygens (including phenoxy) is 1. The number of hydrogen-bond donors (Lipinski definition) is 1. The molecular formula is C9H5F5O5S. The van der Waals surface area contributed by atoms with Crippen molar-refractivity contribution in [1.29, 1.82) is 0 Å². The zero-order chi connectivity index (χ0) is 15.7. The molecule has 0 atom stereocenters. The summed E-state index contributed by atoms with van der Waals surface area (Å²) in [7, 11) is -4.52. The van der Waals surface area contributed by atoms with Crippen LogP contribution in [0.15, 0.2) is 0 Å². The minimum absolute atomic E-state index is 1.03. The first-order valence-corrected chi connectivity index (χ1v) is 6.31. The highest BCUT2D eigenvalue weighted by molar-refractivity contribution is 7.85. The molecule has 0 aliphatic carbocycles. The molecule has 0 amide bonds. The Bertz CT molecular complexity index is 628. The van der Waals surface area contributed by atoms with Gasteiger partial charge in [-0.2, -0.15) is 8.42 Å². The number of rotatable bonds is 4. The molecule has 11 heteroatoms. The van der Waals surface area contributed by atoms with Crippen LogP contribution in [0.1, 0.15) is 10.4 Å². The fourth-order valence-corrected chi connectivity index (χ4v) is 1.39. The fourth-order valence-electron chi connectivity index (χ4n) is 1.10. The molecule has 1 aromatic rings. The van der Waals surface area contributed by atoms with Crippen LogP contribution in [-0.4, -0.2) is 31.3 Å². The van der Waals surface area contributed by atoms with Crippen LogP contribution < -0.4 is 0 Å². The van der Waals surface area contributed by atoms with Crippen molar-refractivity contribution in [1.82, 2.24) is 0 Å². The van der Waals surface area contributed by atoms with Gasteiger partial charge in [0.25, 0.3) is 10.1 Å². The van der Waals surface area contributed by atoms with E-state index in [4.69, 9.17) is 4.55 Å². The van der Waals surface area contributed by atoms with Crippen LogP contribution in [0.2, 0.25) is 0 Å². The second-order valence-corrected chi connectivity index (χ2v) is 4.94. The van der Waals surface area contributed by atoms with Gasteiger partial charge in [0, 0.05) is 0 Å². The van der Waals surface area contributed by atoms with Crippen LogP contribution in [0.4, 0.5) is 22.0 Å². The molecule has 112 valence electrons. The molecule has 0 radical (unpaired) electrons. The predicted molar refractivity (Wildman–Crippen MR) is 52.9 cm³/mol. The van der Waals surface area contributed by atoms with Crippen LogP contribution in [-0.2, 0) is 14.9 Å². The van der Waals surface area contributed by atoms with E-state index in [1.807, 2.05) is 0 Å². The quantitative estimate of drug-likeness (QED) is 0.298. The summed E-state index contributed by atoms with van der Waals surface area (Å²) >= 11 is 0. The van der Waals surface area contributed by atoms with Gasteiger partial charge in [-0.25, -0.2) is 26.7 Å². The van der Waals surface area contributed by atoms with Crippen molar-refractivity contribution < 1.29 is 44.5 Å². The maximum Gasteiger partial charge on any atom is 0.344 e. The third-order valence-corrected chi connectivity index (χ3v) is 2.67. The third-order valence-electron chi connectivity index (χ3n) is 1.99. The van der Waals surface area contributed by atoms with E-state index in [9.17, 15) is 35.2 Å². The van der Waals surface area contributed by atoms with Crippen molar-refractivity contribution in [2.75, 3.05) is 12.4 Å². The Kier molecular flexibility index (Phi) is 4.65. The first kappa shape index (κ1) is 16.3. The Labute approximate surface area is 108 Å². The Hall–Kier alpha value is -1.75. The molecule has 0 aromatic heterocycles. The molecule has 1 N–H and O–H groups in total. The summed E-state index contributed by atoms with van der Waals surface area (Å²) in [5.74, 6) is -15.0. The van der Waals surface area contributed by atoms with Gasteiger partial charge in [-0.1, -0.05) is 0 Å². The zero-order valence-electron chi connectivity index (χ0n) is 9.29. The van der Waals surface area contributed by atoms with Crippen molar-refractivity contribution in [3.63, 3.8) is 0 Å². The molecule has 0 aliphatic rings. The largest absolute Gasteiger partial charge is 0.461 e. The molecule has 5 nitrogen and oxygen atoms in total. The van der Waals surface area contributed by atoms with Crippen LogP contribution in [0.3, 0.4) is 0 Å². The van der Waals surface area contributed by atoms with Gasteiger partial charge in [0.15, 0.2) is 23.3 Å². The van der Waals surface area contributed by atoms with E-state index in [1.165, 1.54) is 0 Å². The second-order valence-electron chi connectivity index (χ2n) is 3.37. The average Bonchev–Trinajstić information content (AvgIpc) is 2.32. The zero-order valence-corrected chi connectivity index (χ0v) is 10.1. The lowest BCUT2D eigenvalue weighted by Gasteiger charge is -2.07. The van der Waals surface area contributed by atoms with E-state index in [2.05, 4.69) is 4.74 Å². The molecule has 20 heavy (non-hydrogen) atoms. The smallest absolute Gasteiger partial charge is 0.344 e. The maximum atomic E-state index is 13.1. The number of benzene rings is 1. The van der Waals surface area contributed by atoms with Crippen LogP contribution in [0.5, 0.6) is 0 Å². The van der Waals surface area contributed by atoms with Crippen molar-refractivity contribution in [3.05, 3.63) is 34.6 Å². The molecule has 0 saturated carbocycles. The topological polar surface area (TPSA) is 80.7 Å². The first-order chi connectivity index (χ1) is 9.06. The second kappa shape index (κ2) is 5.71. The van der Waals surface area contributed by atoms with E-state index in [-0.39, 0.29) is 0 Å². The lowest BCUT2D eigenvalue weighted by Crippen LogP contribution is -2.19. The van der Waals surface area contributed by atoms with Gasteiger partial charge in [-0.15, -0.1) is 0 Å². The van der Waals surface area contributed by atoms with Gasteiger partial charge >= 0.3 is 5.97 Å². The summed E-state index contributed by atoms with van der Waals surface area (Å²) in [5, 5.41) is 0. The Balaban J connectivity index is 3.06. The fraction of sp³-hybridized carbons (Fsp3) is 0.222. The highest BCUT2D eigenvalue weighted by Gasteiger charge is 2.30. The molecule has 0 heterocycles. The molecule has 0 saturated heterocycles. The number of hydrogen-bond acceptors (Lipinski definition) is 4. The van der Waals surface area contributed by atoms with Crippen LogP contribution in [0, 0.1) is 29.1 Å². The summed E-state index contributed by atoms with van der Waals surface area (Å²) in [5.41, 5.74) is -1.85. The molecule has 1 aromatic carbocycles. The van der Waals surface area contributed by atoms with Crippen molar-refractivity contribution >= 4 is 16.1 Å². The van der Waals surface area contributed by atoms with E-state index in [0.717, 1.165) is 0 Å². The van der Waals surface area contributed by atoms with Gasteiger partial charge in [-0.3, -0.25) is 4.55 Å². The Morgan fingerprint density at radius 3 is 1.75 bits per heavy atom. The maximum absolute atomic E-state index is 13.1. The van der Waals surface area contributed by atoms with E-state index in [1.54, 1.807) is 0 Å². The van der Waals surface area contributed by atoms with E-state index in [0.29, 0.717) is 0 Å². The standard InChI is InChI=1S/C9H5F5O5S/c10-4-3(5(11)7(13)8(14)6(4)12)9(15)19-1-2-20(16,17)18/h1-2H2,(H,16,17,18). The van der Waals surface area contributed by atoms with Crippen LogP contribution in [0.25, 0.3) is 0 Å². The van der Waals surface area contributed by atoms with E-state index >= 15 is 0 Å². The molecule has 0 bridgehead atoms. The first-order valence-electron chi connectivity index (χ1n) is 4.70. The number of halogens is 5. The number of carbonyl (C=O) groups is 1. The summed E-state index contributed by atoms with van der Waals surface area (Å²) in [6.07, 6.45) is 0. The van der Waals surface area contributed by atoms with Gasteiger partial charge in [-0.05, 0) is 0 Å². The van der Waals surface area contributed by atoms with Gasteiger partial charge in [0.1, 0.15) is 17.9 Å². The minimum atomic E-state index is -4.52. The lowest BCUT2D eigenvalue weighted by molar-refractivity contribution is 0.0513. The normalized spacial score (nSPS) is 11.5. The molecule has 1 rings (SSSR count). The van der Waals surface area contributed by atoms with Crippen molar-refractivity contribution in [3.8, 4) is 0 Å². The van der Waals surface area contributed by atoms with Crippen LogP contribution >= 0.6 is 0 Å². The number of esters is 1. The third kappa shape index (κ3) is 3.42. The Morgan fingerprint density at radius 2 is 1.35 bits per heavy atom. The lowest BCUT2D eigenvalue weighted by atomic mass is 10.1. The summed E-state index contributed by atoms with van der Waals surface area (Å²) < 4.78 is 97.3. The summed E-state index contributed by atoms with van der Waals surface area (Å²) in [6, 6.07) is 0. The van der Waals surface area contributed by atoms with Crippen molar-refractivity contribution in [2.45, 2.75) is 0 Å². The molecular weight excluding hydrogens is 315 g/mol. The minimum Gasteiger partial charge on any atom is -0.461 e. The molecule has 0 spiro atoms. The molecule has 0 fully saturated rings. The van der Waals surface area contributed by atoms with Crippen molar-refractivity contribution in [2.24, 2.45) is 0 Å². The van der Waals surface area contributed by atoms with Gasteiger partial charge < -0.3 is 4.74 Å². The van der Waals surface area contributed by atoms with Gasteiger partial charge in [0.05, 0.1) is 0 Å². The summed E-state index contributed by atoms with van der Waals surface area (Å²) in [4.78, 5) is 11.2.